The first-order chi connectivity index (χ1) is 15.0. The Labute approximate surface area is 180 Å². The number of carbonyl (C=O) groups excluding carboxylic acids is 3. The van der Waals surface area contributed by atoms with Crippen LogP contribution in [0.5, 0.6) is 11.5 Å². The number of nitrogens with one attached hydrogen (secondary N) is 1. The van der Waals surface area contributed by atoms with Crippen LogP contribution >= 0.6 is 0 Å². The summed E-state index contributed by atoms with van der Waals surface area (Å²) in [5, 5.41) is 2.88. The molecule has 0 radical (unpaired) electrons. The van der Waals surface area contributed by atoms with Crippen LogP contribution in [0.3, 0.4) is 0 Å². The fourth-order valence-electron chi connectivity index (χ4n) is 4.01. The van der Waals surface area contributed by atoms with Crippen molar-refractivity contribution in [2.24, 2.45) is 5.92 Å². The number of carbonyl (C=O) groups is 3. The molecule has 0 bridgehead atoms. The van der Waals surface area contributed by atoms with E-state index in [0.717, 1.165) is 18.7 Å². The molecule has 2 aliphatic rings. The topological polar surface area (TPSA) is 88.2 Å². The maximum atomic E-state index is 12.8. The van der Waals surface area contributed by atoms with E-state index in [4.69, 9.17) is 9.47 Å². The lowest BCUT2D eigenvalue weighted by Crippen LogP contribution is -2.28. The van der Waals surface area contributed by atoms with Gasteiger partial charge in [0, 0.05) is 43.4 Å². The van der Waals surface area contributed by atoms with Crippen molar-refractivity contribution in [2.75, 3.05) is 42.4 Å². The number of anilines is 3. The van der Waals surface area contributed by atoms with Gasteiger partial charge in [0.15, 0.2) is 0 Å². The summed E-state index contributed by atoms with van der Waals surface area (Å²) in [6.45, 7) is 0.993. The van der Waals surface area contributed by atoms with Crippen molar-refractivity contribution in [2.45, 2.75) is 19.3 Å². The largest absolute Gasteiger partial charge is 0.497 e. The summed E-state index contributed by atoms with van der Waals surface area (Å²) in [4.78, 5) is 40.6. The van der Waals surface area contributed by atoms with Gasteiger partial charge < -0.3 is 24.6 Å². The summed E-state index contributed by atoms with van der Waals surface area (Å²) in [5.74, 6) is 0.440. The highest BCUT2D eigenvalue weighted by Crippen LogP contribution is 2.36. The van der Waals surface area contributed by atoms with E-state index in [0.29, 0.717) is 29.3 Å². The molecular formula is C23H25N3O5. The Bertz CT molecular complexity index is 1000. The predicted octanol–water partition coefficient (Wildman–Crippen LogP) is 2.82. The van der Waals surface area contributed by atoms with Gasteiger partial charge in [-0.3, -0.25) is 14.4 Å². The minimum absolute atomic E-state index is 0.121. The first kappa shape index (κ1) is 20.7. The van der Waals surface area contributed by atoms with Crippen molar-refractivity contribution < 1.29 is 23.9 Å². The van der Waals surface area contributed by atoms with Crippen LogP contribution in [0.2, 0.25) is 0 Å². The molecule has 1 atom stereocenters. The van der Waals surface area contributed by atoms with E-state index in [1.54, 1.807) is 47.2 Å². The summed E-state index contributed by atoms with van der Waals surface area (Å²) in [7, 11) is 3.09. The van der Waals surface area contributed by atoms with Crippen molar-refractivity contribution in [3.63, 3.8) is 0 Å². The fraction of sp³-hybridized carbons (Fsp3) is 0.348. The second-order valence-electron chi connectivity index (χ2n) is 7.63. The number of ether oxygens (including phenoxy) is 2. The molecule has 2 aromatic rings. The minimum atomic E-state index is -0.473. The quantitative estimate of drug-likeness (QED) is 0.772. The number of nitrogens with zero attached hydrogens (tertiary/aromatic N) is 2. The van der Waals surface area contributed by atoms with Gasteiger partial charge in [-0.15, -0.1) is 0 Å². The van der Waals surface area contributed by atoms with E-state index in [1.165, 1.54) is 7.11 Å². The average molecular weight is 423 g/mol. The summed E-state index contributed by atoms with van der Waals surface area (Å²) in [6.07, 6.45) is 1.56. The van der Waals surface area contributed by atoms with E-state index in [-0.39, 0.29) is 30.7 Å². The van der Waals surface area contributed by atoms with E-state index < -0.39 is 5.92 Å². The minimum Gasteiger partial charge on any atom is -0.497 e. The average Bonchev–Trinajstić information content (AvgIpc) is 3.39. The van der Waals surface area contributed by atoms with Gasteiger partial charge in [0.2, 0.25) is 17.7 Å². The first-order valence-corrected chi connectivity index (χ1v) is 10.2. The maximum Gasteiger partial charge on any atom is 0.229 e. The van der Waals surface area contributed by atoms with Crippen molar-refractivity contribution >= 4 is 34.8 Å². The third-order valence-electron chi connectivity index (χ3n) is 5.69. The Morgan fingerprint density at radius 1 is 1.00 bits per heavy atom. The molecule has 2 aromatic carbocycles. The van der Waals surface area contributed by atoms with Gasteiger partial charge in [0.05, 0.1) is 25.8 Å². The SMILES string of the molecule is COc1ccc(N2CC(C(=O)Nc3ccc(N4CCCC4=O)cc3)CC2=O)c(OC)c1. The highest BCUT2D eigenvalue weighted by molar-refractivity contribution is 6.04. The van der Waals surface area contributed by atoms with Gasteiger partial charge in [0.25, 0.3) is 0 Å². The highest BCUT2D eigenvalue weighted by atomic mass is 16.5. The Morgan fingerprint density at radius 3 is 2.42 bits per heavy atom. The normalized spacial score (nSPS) is 18.5. The standard InChI is InChI=1S/C23H25N3O5/c1-30-18-9-10-19(20(13-18)31-2)26-14-15(12-22(26)28)23(29)24-16-5-7-17(8-6-16)25-11-3-4-21(25)27/h5-10,13,15H,3-4,11-12,14H2,1-2H3,(H,24,29). The van der Waals surface area contributed by atoms with Crippen LogP contribution in [0, 0.1) is 5.92 Å². The van der Waals surface area contributed by atoms with E-state index >= 15 is 0 Å². The molecular weight excluding hydrogens is 398 g/mol. The van der Waals surface area contributed by atoms with E-state index in [2.05, 4.69) is 5.32 Å². The number of rotatable bonds is 6. The third-order valence-corrected chi connectivity index (χ3v) is 5.69. The Kier molecular flexibility index (Phi) is 5.79. The Balaban J connectivity index is 1.42. The van der Waals surface area contributed by atoms with Gasteiger partial charge >= 0.3 is 0 Å². The van der Waals surface area contributed by atoms with Crippen LogP contribution < -0.4 is 24.6 Å². The van der Waals surface area contributed by atoms with Crippen LogP contribution in [-0.4, -0.2) is 45.0 Å². The van der Waals surface area contributed by atoms with Crippen LogP contribution in [-0.2, 0) is 14.4 Å². The lowest BCUT2D eigenvalue weighted by atomic mass is 10.1. The number of amides is 3. The molecule has 2 fully saturated rings. The molecule has 1 N–H and O–H groups in total. The van der Waals surface area contributed by atoms with Gasteiger partial charge in [-0.05, 0) is 42.8 Å². The summed E-state index contributed by atoms with van der Waals surface area (Å²) >= 11 is 0. The zero-order valence-corrected chi connectivity index (χ0v) is 17.6. The van der Waals surface area contributed by atoms with Crippen molar-refractivity contribution in [1.82, 2.24) is 0 Å². The fourth-order valence-corrected chi connectivity index (χ4v) is 4.01. The molecule has 31 heavy (non-hydrogen) atoms. The van der Waals surface area contributed by atoms with Crippen molar-refractivity contribution in [1.29, 1.82) is 0 Å². The molecule has 0 aliphatic carbocycles. The zero-order chi connectivity index (χ0) is 22.0. The van der Waals surface area contributed by atoms with E-state index in [9.17, 15) is 14.4 Å². The molecule has 8 heteroatoms. The monoisotopic (exact) mass is 423 g/mol. The number of hydrogen-bond acceptors (Lipinski definition) is 5. The molecule has 0 saturated carbocycles. The van der Waals surface area contributed by atoms with Crippen molar-refractivity contribution in [3.8, 4) is 11.5 Å². The molecule has 0 spiro atoms. The van der Waals surface area contributed by atoms with Crippen molar-refractivity contribution in [3.05, 3.63) is 42.5 Å². The molecule has 8 nitrogen and oxygen atoms in total. The number of hydrogen-bond donors (Lipinski definition) is 1. The lowest BCUT2D eigenvalue weighted by molar-refractivity contribution is -0.122. The molecule has 2 saturated heterocycles. The third kappa shape index (κ3) is 4.19. The first-order valence-electron chi connectivity index (χ1n) is 10.2. The molecule has 4 rings (SSSR count). The second-order valence-corrected chi connectivity index (χ2v) is 7.63. The Morgan fingerprint density at radius 2 is 1.77 bits per heavy atom. The molecule has 2 aliphatic heterocycles. The van der Waals surface area contributed by atoms with Gasteiger partial charge in [-0.1, -0.05) is 0 Å². The van der Waals surface area contributed by atoms with Gasteiger partial charge in [-0.2, -0.15) is 0 Å². The highest BCUT2D eigenvalue weighted by Gasteiger charge is 2.36. The number of benzene rings is 2. The lowest BCUT2D eigenvalue weighted by Gasteiger charge is -2.20. The summed E-state index contributed by atoms with van der Waals surface area (Å²) < 4.78 is 10.6. The van der Waals surface area contributed by atoms with Crippen LogP contribution in [0.25, 0.3) is 0 Å². The second kappa shape index (κ2) is 8.67. The number of methoxy groups -OCH3 is 2. The van der Waals surface area contributed by atoms with Gasteiger partial charge in [-0.25, -0.2) is 0 Å². The predicted molar refractivity (Wildman–Crippen MR) is 117 cm³/mol. The molecule has 162 valence electrons. The van der Waals surface area contributed by atoms with Crippen LogP contribution in [0.4, 0.5) is 17.1 Å². The summed E-state index contributed by atoms with van der Waals surface area (Å²) in [5.41, 5.74) is 2.07. The summed E-state index contributed by atoms with van der Waals surface area (Å²) in [6, 6.07) is 12.4. The zero-order valence-electron chi connectivity index (χ0n) is 17.6. The molecule has 2 heterocycles. The Hall–Kier alpha value is -3.55. The van der Waals surface area contributed by atoms with E-state index in [1.807, 2.05) is 12.1 Å². The maximum absolute atomic E-state index is 12.8. The van der Waals surface area contributed by atoms with Crippen LogP contribution in [0.1, 0.15) is 19.3 Å². The van der Waals surface area contributed by atoms with Crippen LogP contribution in [0.15, 0.2) is 42.5 Å². The smallest absolute Gasteiger partial charge is 0.229 e. The molecule has 0 aromatic heterocycles. The van der Waals surface area contributed by atoms with Gasteiger partial charge in [0.1, 0.15) is 11.5 Å². The molecule has 1 unspecified atom stereocenters. The molecule has 3 amide bonds.